The Morgan fingerprint density at radius 1 is 1.12 bits per heavy atom. The van der Waals surface area contributed by atoms with Crippen molar-refractivity contribution in [1.29, 1.82) is 0 Å². The van der Waals surface area contributed by atoms with Crippen LogP contribution >= 0.6 is 27.5 Å². The lowest BCUT2D eigenvalue weighted by Gasteiger charge is -2.32. The van der Waals surface area contributed by atoms with Gasteiger partial charge in [-0.1, -0.05) is 27.5 Å². The van der Waals surface area contributed by atoms with Crippen LogP contribution < -0.4 is 15.5 Å². The van der Waals surface area contributed by atoms with Gasteiger partial charge in [0.25, 0.3) is 0 Å². The number of nitrogens with zero attached hydrogens (tertiary/aromatic N) is 1. The van der Waals surface area contributed by atoms with Crippen LogP contribution in [-0.4, -0.2) is 24.5 Å². The minimum Gasteiger partial charge on any atom is -0.326 e. The minimum atomic E-state index is -0.537. The molecular weight excluding hydrogens is 406 g/mol. The van der Waals surface area contributed by atoms with Gasteiger partial charge < -0.3 is 15.5 Å². The number of benzene rings is 2. The van der Waals surface area contributed by atoms with Gasteiger partial charge in [-0.2, -0.15) is 0 Å². The van der Waals surface area contributed by atoms with E-state index in [1.807, 2.05) is 24.3 Å². The number of nitrogens with one attached hydrogen (secondary N) is 2. The van der Waals surface area contributed by atoms with Gasteiger partial charge in [0.2, 0.25) is 5.91 Å². The molecule has 0 spiro atoms. The average Bonchev–Trinajstić information content (AvgIpc) is 2.60. The summed E-state index contributed by atoms with van der Waals surface area (Å²) in [6.45, 7) is 0.650. The van der Waals surface area contributed by atoms with E-state index in [1.165, 1.54) is 0 Å². The molecule has 0 bridgehead atoms. The van der Waals surface area contributed by atoms with E-state index in [4.69, 9.17) is 11.6 Å². The average molecular weight is 423 g/mol. The van der Waals surface area contributed by atoms with Crippen molar-refractivity contribution in [3.63, 3.8) is 0 Å². The van der Waals surface area contributed by atoms with Crippen LogP contribution in [0.3, 0.4) is 0 Å². The summed E-state index contributed by atoms with van der Waals surface area (Å²) in [7, 11) is 0. The Balaban J connectivity index is 1.63. The molecule has 1 unspecified atom stereocenters. The zero-order valence-electron chi connectivity index (χ0n) is 13.3. The maximum Gasteiger partial charge on any atom is 0.319 e. The fraction of sp³-hybridized carbons (Fsp3) is 0.222. The van der Waals surface area contributed by atoms with E-state index >= 15 is 0 Å². The first-order valence-electron chi connectivity index (χ1n) is 7.93. The van der Waals surface area contributed by atoms with Gasteiger partial charge in [-0.15, -0.1) is 0 Å². The third-order valence-corrected chi connectivity index (χ3v) is 4.77. The van der Waals surface area contributed by atoms with Crippen LogP contribution in [0.1, 0.15) is 12.8 Å². The highest BCUT2D eigenvalue weighted by molar-refractivity contribution is 9.10. The van der Waals surface area contributed by atoms with Gasteiger partial charge in [0.1, 0.15) is 6.04 Å². The predicted octanol–water partition coefficient (Wildman–Crippen LogP) is 4.42. The fourth-order valence-corrected chi connectivity index (χ4v) is 3.14. The number of amides is 3. The first kappa shape index (κ1) is 17.8. The number of piperidine rings is 1. The van der Waals surface area contributed by atoms with E-state index in [0.29, 0.717) is 23.7 Å². The van der Waals surface area contributed by atoms with Crippen molar-refractivity contribution in [2.45, 2.75) is 18.9 Å². The molecule has 2 aromatic rings. The van der Waals surface area contributed by atoms with Crippen molar-refractivity contribution in [3.8, 4) is 0 Å². The highest BCUT2D eigenvalue weighted by Crippen LogP contribution is 2.23. The second-order valence-electron chi connectivity index (χ2n) is 5.77. The molecule has 130 valence electrons. The number of anilines is 2. The van der Waals surface area contributed by atoms with E-state index in [0.717, 1.165) is 16.6 Å². The highest BCUT2D eigenvalue weighted by atomic mass is 79.9. The Labute approximate surface area is 159 Å². The van der Waals surface area contributed by atoms with E-state index in [9.17, 15) is 9.59 Å². The van der Waals surface area contributed by atoms with Crippen molar-refractivity contribution in [2.24, 2.45) is 0 Å². The zero-order chi connectivity index (χ0) is 17.8. The molecule has 1 fully saturated rings. The number of hydrogen-bond acceptors (Lipinski definition) is 2. The standard InChI is InChI=1S/C18H17BrClN3O2/c19-12-3-9-15(10-4-12)23-11-1-2-16(17(23)24)22-18(25)21-14-7-5-13(20)6-8-14/h3-10,16H,1-2,11H2,(H2,21,22,25). The molecule has 0 radical (unpaired) electrons. The Bertz CT molecular complexity index is 765. The van der Waals surface area contributed by atoms with Crippen molar-refractivity contribution in [2.75, 3.05) is 16.8 Å². The molecule has 1 atom stereocenters. The van der Waals surface area contributed by atoms with Gasteiger partial charge in [-0.05, 0) is 61.4 Å². The second kappa shape index (κ2) is 7.89. The summed E-state index contributed by atoms with van der Waals surface area (Å²) >= 11 is 9.21. The minimum absolute atomic E-state index is 0.0974. The number of carbonyl (C=O) groups is 2. The summed E-state index contributed by atoms with van der Waals surface area (Å²) in [6.07, 6.45) is 1.45. The third kappa shape index (κ3) is 4.52. The lowest BCUT2D eigenvalue weighted by atomic mass is 10.0. The Morgan fingerprint density at radius 2 is 1.80 bits per heavy atom. The lowest BCUT2D eigenvalue weighted by molar-refractivity contribution is -0.121. The van der Waals surface area contributed by atoms with Crippen LogP contribution in [0.4, 0.5) is 16.2 Å². The maximum absolute atomic E-state index is 12.7. The van der Waals surface area contributed by atoms with Crippen molar-refractivity contribution >= 4 is 50.8 Å². The molecule has 3 rings (SSSR count). The first-order chi connectivity index (χ1) is 12.0. The number of hydrogen-bond donors (Lipinski definition) is 2. The number of carbonyl (C=O) groups excluding carboxylic acids is 2. The summed E-state index contributed by atoms with van der Waals surface area (Å²) in [5.74, 6) is -0.0974. The van der Waals surface area contributed by atoms with Gasteiger partial charge in [0.05, 0.1) is 0 Å². The molecule has 1 aliphatic rings. The Kier molecular flexibility index (Phi) is 5.60. The topological polar surface area (TPSA) is 61.4 Å². The Hall–Kier alpha value is -2.05. The van der Waals surface area contributed by atoms with E-state index in [1.54, 1.807) is 29.2 Å². The van der Waals surface area contributed by atoms with Crippen LogP contribution in [0, 0.1) is 0 Å². The zero-order valence-corrected chi connectivity index (χ0v) is 15.7. The molecule has 0 aromatic heterocycles. The SMILES string of the molecule is O=C(Nc1ccc(Cl)cc1)NC1CCCN(c2ccc(Br)cc2)C1=O. The van der Waals surface area contributed by atoms with Crippen molar-refractivity contribution < 1.29 is 9.59 Å². The quantitative estimate of drug-likeness (QED) is 0.769. The van der Waals surface area contributed by atoms with Gasteiger partial charge in [-0.25, -0.2) is 4.79 Å². The van der Waals surface area contributed by atoms with Gasteiger partial charge >= 0.3 is 6.03 Å². The van der Waals surface area contributed by atoms with Crippen LogP contribution in [-0.2, 0) is 4.79 Å². The molecule has 25 heavy (non-hydrogen) atoms. The third-order valence-electron chi connectivity index (χ3n) is 3.98. The number of halogens is 2. The molecule has 3 amide bonds. The molecule has 1 heterocycles. The van der Waals surface area contributed by atoms with Crippen molar-refractivity contribution in [1.82, 2.24) is 5.32 Å². The summed E-state index contributed by atoms with van der Waals surface area (Å²) in [6, 6.07) is 13.4. The highest BCUT2D eigenvalue weighted by Gasteiger charge is 2.30. The Morgan fingerprint density at radius 3 is 2.48 bits per heavy atom. The molecule has 7 heteroatoms. The lowest BCUT2D eigenvalue weighted by Crippen LogP contribution is -2.53. The summed E-state index contributed by atoms with van der Waals surface area (Å²) < 4.78 is 0.956. The van der Waals surface area contributed by atoms with Crippen LogP contribution in [0.5, 0.6) is 0 Å². The van der Waals surface area contributed by atoms with Gasteiger partial charge in [-0.3, -0.25) is 4.79 Å². The molecule has 1 aliphatic heterocycles. The number of urea groups is 1. The van der Waals surface area contributed by atoms with Gasteiger partial charge in [0.15, 0.2) is 0 Å². The molecular formula is C18H17BrClN3O2. The van der Waals surface area contributed by atoms with Gasteiger partial charge in [0, 0.05) is 27.4 Å². The summed E-state index contributed by atoms with van der Waals surface area (Å²) in [5, 5.41) is 6.07. The molecule has 0 saturated carbocycles. The normalized spacial score (nSPS) is 17.3. The van der Waals surface area contributed by atoms with E-state index in [2.05, 4.69) is 26.6 Å². The predicted molar refractivity (Wildman–Crippen MR) is 103 cm³/mol. The van der Waals surface area contributed by atoms with E-state index in [-0.39, 0.29) is 5.91 Å². The summed E-state index contributed by atoms with van der Waals surface area (Å²) in [5.41, 5.74) is 1.45. The molecule has 1 saturated heterocycles. The molecule has 0 aliphatic carbocycles. The largest absolute Gasteiger partial charge is 0.326 e. The maximum atomic E-state index is 12.7. The van der Waals surface area contributed by atoms with Crippen LogP contribution in [0.25, 0.3) is 0 Å². The monoisotopic (exact) mass is 421 g/mol. The molecule has 2 aromatic carbocycles. The molecule has 2 N–H and O–H groups in total. The van der Waals surface area contributed by atoms with E-state index < -0.39 is 12.1 Å². The fourth-order valence-electron chi connectivity index (χ4n) is 2.75. The molecule has 5 nitrogen and oxygen atoms in total. The number of rotatable bonds is 3. The summed E-state index contributed by atoms with van der Waals surface area (Å²) in [4.78, 5) is 26.6. The smallest absolute Gasteiger partial charge is 0.319 e. The van der Waals surface area contributed by atoms with Crippen molar-refractivity contribution in [3.05, 3.63) is 58.0 Å². The van der Waals surface area contributed by atoms with Crippen LogP contribution in [0.2, 0.25) is 5.02 Å². The second-order valence-corrected chi connectivity index (χ2v) is 7.12. The van der Waals surface area contributed by atoms with Crippen LogP contribution in [0.15, 0.2) is 53.0 Å². The first-order valence-corrected chi connectivity index (χ1v) is 9.10.